The number of amides is 2. The van der Waals surface area contributed by atoms with Gasteiger partial charge in [0.05, 0.1) is 15.6 Å². The second-order valence-corrected chi connectivity index (χ2v) is 5.49. The van der Waals surface area contributed by atoms with Gasteiger partial charge in [0.25, 0.3) is 5.91 Å². The van der Waals surface area contributed by atoms with Crippen molar-refractivity contribution in [2.24, 2.45) is 0 Å². The van der Waals surface area contributed by atoms with Crippen LogP contribution in [0.1, 0.15) is 10.4 Å². The molecule has 1 fully saturated rings. The molecule has 2 amide bonds. The van der Waals surface area contributed by atoms with Crippen LogP contribution in [0.15, 0.2) is 18.2 Å². The number of carbonyl (C=O) groups is 2. The van der Waals surface area contributed by atoms with Gasteiger partial charge in [-0.1, -0.05) is 29.3 Å². The smallest absolute Gasteiger partial charge is 0.255 e. The zero-order chi connectivity index (χ0) is 15.4. The molecule has 5 nitrogen and oxygen atoms in total. The van der Waals surface area contributed by atoms with Crippen molar-refractivity contribution in [1.29, 1.82) is 0 Å². The summed E-state index contributed by atoms with van der Waals surface area (Å²) < 4.78 is 4.83. The van der Waals surface area contributed by atoms with Crippen molar-refractivity contribution in [2.45, 2.75) is 0 Å². The Hall–Kier alpha value is -1.30. The number of hydrogen-bond acceptors (Lipinski definition) is 3. The van der Waals surface area contributed by atoms with Gasteiger partial charge in [-0.15, -0.1) is 0 Å². The van der Waals surface area contributed by atoms with Crippen molar-refractivity contribution in [2.75, 3.05) is 39.9 Å². The lowest BCUT2D eigenvalue weighted by Gasteiger charge is -2.34. The Bertz CT molecular complexity index is 543. The zero-order valence-corrected chi connectivity index (χ0v) is 13.2. The molecule has 1 heterocycles. The minimum atomic E-state index is -0.165. The molecule has 0 saturated carbocycles. The van der Waals surface area contributed by atoms with Gasteiger partial charge < -0.3 is 14.5 Å². The van der Waals surface area contributed by atoms with Crippen molar-refractivity contribution in [3.8, 4) is 0 Å². The summed E-state index contributed by atoms with van der Waals surface area (Å²) in [6.45, 7) is 1.99. The van der Waals surface area contributed by atoms with Crippen LogP contribution < -0.4 is 0 Å². The van der Waals surface area contributed by atoms with E-state index in [1.54, 1.807) is 28.0 Å². The second kappa shape index (κ2) is 7.11. The molecule has 0 spiro atoms. The van der Waals surface area contributed by atoms with E-state index in [9.17, 15) is 9.59 Å². The number of nitrogens with zero attached hydrogens (tertiary/aromatic N) is 2. The molecule has 1 aromatic rings. The fourth-order valence-electron chi connectivity index (χ4n) is 2.21. The maximum absolute atomic E-state index is 12.4. The molecule has 0 atom stereocenters. The largest absolute Gasteiger partial charge is 0.375 e. The summed E-state index contributed by atoms with van der Waals surface area (Å²) in [6, 6.07) is 4.99. The topological polar surface area (TPSA) is 49.9 Å². The number of hydrogen-bond donors (Lipinski definition) is 0. The molecule has 1 saturated heterocycles. The van der Waals surface area contributed by atoms with Crippen LogP contribution in [-0.2, 0) is 9.53 Å². The number of carbonyl (C=O) groups excluding carboxylic acids is 2. The van der Waals surface area contributed by atoms with E-state index in [0.29, 0.717) is 36.8 Å². The molecular weight excluding hydrogens is 315 g/mol. The molecule has 0 unspecified atom stereocenters. The highest BCUT2D eigenvalue weighted by molar-refractivity contribution is 6.43. The van der Waals surface area contributed by atoms with Gasteiger partial charge in [-0.2, -0.15) is 0 Å². The van der Waals surface area contributed by atoms with Gasteiger partial charge in [0.1, 0.15) is 6.61 Å². The number of ether oxygens (including phenoxy) is 1. The van der Waals surface area contributed by atoms with E-state index >= 15 is 0 Å². The first-order chi connectivity index (χ1) is 10.0. The number of halogens is 2. The Morgan fingerprint density at radius 3 is 2.38 bits per heavy atom. The maximum atomic E-state index is 12.4. The molecule has 21 heavy (non-hydrogen) atoms. The van der Waals surface area contributed by atoms with Crippen LogP contribution in [0.2, 0.25) is 10.0 Å². The minimum absolute atomic E-state index is 0.0636. The molecule has 114 valence electrons. The van der Waals surface area contributed by atoms with Crippen molar-refractivity contribution < 1.29 is 14.3 Å². The monoisotopic (exact) mass is 330 g/mol. The van der Waals surface area contributed by atoms with Gasteiger partial charge in [-0.25, -0.2) is 0 Å². The van der Waals surface area contributed by atoms with Gasteiger partial charge in [0.15, 0.2) is 0 Å². The normalized spacial score (nSPS) is 15.2. The summed E-state index contributed by atoms with van der Waals surface area (Å²) in [7, 11) is 1.48. The predicted molar refractivity (Wildman–Crippen MR) is 80.8 cm³/mol. The molecular formula is C14H16Cl2N2O3. The van der Waals surface area contributed by atoms with Crippen LogP contribution in [0.4, 0.5) is 0 Å². The number of piperazine rings is 1. The highest BCUT2D eigenvalue weighted by Gasteiger charge is 2.26. The lowest BCUT2D eigenvalue weighted by Crippen LogP contribution is -2.51. The summed E-state index contributed by atoms with van der Waals surface area (Å²) in [5.41, 5.74) is 0.390. The average molecular weight is 331 g/mol. The van der Waals surface area contributed by atoms with Crippen molar-refractivity contribution in [3.05, 3.63) is 33.8 Å². The SMILES string of the molecule is COCC(=O)N1CCN(C(=O)c2cccc(Cl)c2Cl)CC1. The Balaban J connectivity index is 2.00. The van der Waals surface area contributed by atoms with E-state index in [2.05, 4.69) is 0 Å². The van der Waals surface area contributed by atoms with Crippen LogP contribution >= 0.6 is 23.2 Å². The van der Waals surface area contributed by atoms with E-state index in [1.807, 2.05) is 0 Å². The maximum Gasteiger partial charge on any atom is 0.255 e. The second-order valence-electron chi connectivity index (χ2n) is 4.71. The fraction of sp³-hybridized carbons (Fsp3) is 0.429. The molecule has 1 aliphatic heterocycles. The Morgan fingerprint density at radius 2 is 1.76 bits per heavy atom. The van der Waals surface area contributed by atoms with Crippen LogP contribution in [-0.4, -0.2) is 61.5 Å². The first-order valence-corrected chi connectivity index (χ1v) is 7.30. The van der Waals surface area contributed by atoms with Crippen LogP contribution in [0.5, 0.6) is 0 Å². The fourth-order valence-corrected chi connectivity index (χ4v) is 2.59. The van der Waals surface area contributed by atoms with Crippen LogP contribution in [0.3, 0.4) is 0 Å². The minimum Gasteiger partial charge on any atom is -0.375 e. The lowest BCUT2D eigenvalue weighted by atomic mass is 10.1. The average Bonchev–Trinajstić information content (AvgIpc) is 2.50. The Labute approximate surface area is 133 Å². The third kappa shape index (κ3) is 3.67. The third-order valence-corrected chi connectivity index (χ3v) is 4.19. The van der Waals surface area contributed by atoms with Crippen molar-refractivity contribution in [1.82, 2.24) is 9.80 Å². The van der Waals surface area contributed by atoms with Crippen LogP contribution in [0.25, 0.3) is 0 Å². The number of rotatable bonds is 3. The molecule has 7 heteroatoms. The third-order valence-electron chi connectivity index (χ3n) is 3.37. The molecule has 0 aromatic heterocycles. The van der Waals surface area contributed by atoms with E-state index in [1.165, 1.54) is 7.11 Å². The van der Waals surface area contributed by atoms with Gasteiger partial charge in [-0.3, -0.25) is 9.59 Å². The summed E-state index contributed by atoms with van der Waals surface area (Å²) >= 11 is 12.0. The first-order valence-electron chi connectivity index (χ1n) is 6.54. The highest BCUT2D eigenvalue weighted by atomic mass is 35.5. The molecule has 0 radical (unpaired) electrons. The van der Waals surface area contributed by atoms with Gasteiger partial charge >= 0.3 is 0 Å². The summed E-state index contributed by atoms with van der Waals surface area (Å²) in [5.74, 6) is -0.230. The Kier molecular flexibility index (Phi) is 5.45. The standard InChI is InChI=1S/C14H16Cl2N2O3/c1-21-9-12(19)17-5-7-18(8-6-17)14(20)10-3-2-4-11(15)13(10)16/h2-4H,5-9H2,1H3. The molecule has 2 rings (SSSR count). The van der Waals surface area contributed by atoms with Gasteiger partial charge in [-0.05, 0) is 12.1 Å². The van der Waals surface area contributed by atoms with Crippen molar-refractivity contribution in [3.63, 3.8) is 0 Å². The molecule has 0 aliphatic carbocycles. The van der Waals surface area contributed by atoms with E-state index in [4.69, 9.17) is 27.9 Å². The van der Waals surface area contributed by atoms with Crippen LogP contribution in [0, 0.1) is 0 Å². The first kappa shape index (κ1) is 16.1. The summed E-state index contributed by atoms with van der Waals surface area (Å²) in [6.07, 6.45) is 0. The lowest BCUT2D eigenvalue weighted by molar-refractivity contribution is -0.136. The number of methoxy groups -OCH3 is 1. The van der Waals surface area contributed by atoms with Gasteiger partial charge in [0, 0.05) is 33.3 Å². The molecule has 1 aliphatic rings. The van der Waals surface area contributed by atoms with E-state index < -0.39 is 0 Å². The van der Waals surface area contributed by atoms with Crippen molar-refractivity contribution >= 4 is 35.0 Å². The quantitative estimate of drug-likeness (QED) is 0.850. The van der Waals surface area contributed by atoms with E-state index in [-0.39, 0.29) is 23.4 Å². The Morgan fingerprint density at radius 1 is 1.14 bits per heavy atom. The molecule has 0 N–H and O–H groups in total. The van der Waals surface area contributed by atoms with E-state index in [0.717, 1.165) is 0 Å². The summed E-state index contributed by atoms with van der Waals surface area (Å²) in [4.78, 5) is 27.5. The highest BCUT2D eigenvalue weighted by Crippen LogP contribution is 2.26. The summed E-state index contributed by atoms with van der Waals surface area (Å²) in [5, 5.41) is 0.624. The molecule has 0 bridgehead atoms. The zero-order valence-electron chi connectivity index (χ0n) is 11.6. The predicted octanol–water partition coefficient (Wildman–Crippen LogP) is 1.92. The number of benzene rings is 1. The van der Waals surface area contributed by atoms with Gasteiger partial charge in [0.2, 0.25) is 5.91 Å². The molecule has 1 aromatic carbocycles.